The number of rotatable bonds is 4. The second-order valence-electron chi connectivity index (χ2n) is 4.56. The van der Waals surface area contributed by atoms with Crippen LogP contribution in [0.15, 0.2) is 55.1 Å². The van der Waals surface area contributed by atoms with Gasteiger partial charge in [-0.1, -0.05) is 66.2 Å². The molecule has 2 aromatic rings. The molecule has 2 rings (SSSR count). The molecule has 0 radical (unpaired) electrons. The Morgan fingerprint density at radius 3 is 1.94 bits per heavy atom. The first-order chi connectivity index (χ1) is 8.65. The number of hydrogen-bond acceptors (Lipinski definition) is 1. The summed E-state index contributed by atoms with van der Waals surface area (Å²) in [4.78, 5) is 0. The zero-order valence-electron chi connectivity index (χ0n) is 10.9. The third-order valence-corrected chi connectivity index (χ3v) is 2.91. The van der Waals surface area contributed by atoms with Crippen LogP contribution < -0.4 is 0 Å². The van der Waals surface area contributed by atoms with Gasteiger partial charge in [-0.05, 0) is 19.4 Å². The van der Waals surface area contributed by atoms with Crippen molar-refractivity contribution in [3.8, 4) is 0 Å². The average molecular weight is 238 g/mol. The van der Waals surface area contributed by atoms with Gasteiger partial charge in [0.15, 0.2) is 0 Å². The third-order valence-electron chi connectivity index (χ3n) is 2.91. The molecule has 0 spiro atoms. The van der Waals surface area contributed by atoms with Crippen molar-refractivity contribution in [2.45, 2.75) is 20.5 Å². The van der Waals surface area contributed by atoms with E-state index in [-0.39, 0.29) is 0 Å². The Morgan fingerprint density at radius 2 is 1.39 bits per heavy atom. The van der Waals surface area contributed by atoms with Crippen LogP contribution in [-0.4, -0.2) is 0 Å². The van der Waals surface area contributed by atoms with Crippen molar-refractivity contribution in [1.29, 1.82) is 0 Å². The lowest BCUT2D eigenvalue weighted by Crippen LogP contribution is -1.93. The molecule has 18 heavy (non-hydrogen) atoms. The van der Waals surface area contributed by atoms with Crippen molar-refractivity contribution in [2.75, 3.05) is 0 Å². The summed E-state index contributed by atoms with van der Waals surface area (Å²) in [5, 5.41) is 0. The second-order valence-corrected chi connectivity index (χ2v) is 4.56. The Bertz CT molecular complexity index is 521. The average Bonchev–Trinajstić information content (AvgIpc) is 2.38. The van der Waals surface area contributed by atoms with E-state index >= 15 is 0 Å². The summed E-state index contributed by atoms with van der Waals surface area (Å²) >= 11 is 0. The summed E-state index contributed by atoms with van der Waals surface area (Å²) in [7, 11) is 0. The maximum absolute atomic E-state index is 5.70. The van der Waals surface area contributed by atoms with Crippen molar-refractivity contribution in [1.82, 2.24) is 0 Å². The first-order valence-electron chi connectivity index (χ1n) is 6.09. The molecule has 0 heterocycles. The molecule has 92 valence electrons. The van der Waals surface area contributed by atoms with Gasteiger partial charge in [0.1, 0.15) is 12.4 Å². The van der Waals surface area contributed by atoms with E-state index in [2.05, 4.69) is 56.8 Å². The molecule has 0 fully saturated rings. The standard InChI is InChI=1S/C17H18O/c1-13-4-8-16(9-5-13)12-18-15(3)17-10-6-14(2)7-11-17/h4-11H,3,12H2,1-2H3. The minimum Gasteiger partial charge on any atom is -0.489 e. The number of ether oxygens (including phenoxy) is 1. The second kappa shape index (κ2) is 5.54. The lowest BCUT2D eigenvalue weighted by molar-refractivity contribution is 0.265. The van der Waals surface area contributed by atoms with E-state index in [0.717, 1.165) is 16.9 Å². The highest BCUT2D eigenvalue weighted by Gasteiger charge is 2.00. The van der Waals surface area contributed by atoms with Gasteiger partial charge in [-0.25, -0.2) is 0 Å². The van der Waals surface area contributed by atoms with Gasteiger partial charge in [0.05, 0.1) is 0 Å². The first kappa shape index (κ1) is 12.4. The minimum absolute atomic E-state index is 0.562. The largest absolute Gasteiger partial charge is 0.489 e. The van der Waals surface area contributed by atoms with Crippen molar-refractivity contribution in [3.05, 3.63) is 77.4 Å². The van der Waals surface area contributed by atoms with Gasteiger partial charge >= 0.3 is 0 Å². The van der Waals surface area contributed by atoms with Crippen LogP contribution in [0.1, 0.15) is 22.3 Å². The summed E-state index contributed by atoms with van der Waals surface area (Å²) < 4.78 is 5.70. The summed E-state index contributed by atoms with van der Waals surface area (Å²) in [6, 6.07) is 16.5. The highest BCUT2D eigenvalue weighted by Crippen LogP contribution is 2.16. The summed E-state index contributed by atoms with van der Waals surface area (Å²) in [5.41, 5.74) is 4.70. The number of hydrogen-bond donors (Lipinski definition) is 0. The third kappa shape index (κ3) is 3.24. The van der Waals surface area contributed by atoms with E-state index in [4.69, 9.17) is 4.74 Å². The Kier molecular flexibility index (Phi) is 3.83. The fourth-order valence-electron chi connectivity index (χ4n) is 1.68. The Hall–Kier alpha value is -2.02. The van der Waals surface area contributed by atoms with Crippen molar-refractivity contribution < 1.29 is 4.74 Å². The Morgan fingerprint density at radius 1 is 0.889 bits per heavy atom. The topological polar surface area (TPSA) is 9.23 Å². The van der Waals surface area contributed by atoms with Crippen molar-refractivity contribution in [2.24, 2.45) is 0 Å². The lowest BCUT2D eigenvalue weighted by atomic mass is 10.1. The van der Waals surface area contributed by atoms with E-state index in [1.165, 1.54) is 11.1 Å². The number of aryl methyl sites for hydroxylation is 2. The zero-order chi connectivity index (χ0) is 13.0. The van der Waals surface area contributed by atoms with Gasteiger partial charge in [-0.2, -0.15) is 0 Å². The fourth-order valence-corrected chi connectivity index (χ4v) is 1.68. The van der Waals surface area contributed by atoms with Crippen LogP contribution in [-0.2, 0) is 11.3 Å². The maximum Gasteiger partial charge on any atom is 0.119 e. The smallest absolute Gasteiger partial charge is 0.119 e. The van der Waals surface area contributed by atoms with Gasteiger partial charge < -0.3 is 4.74 Å². The molecule has 0 aromatic heterocycles. The van der Waals surface area contributed by atoms with Gasteiger partial charge in [-0.15, -0.1) is 0 Å². The van der Waals surface area contributed by atoms with E-state index in [0.29, 0.717) is 6.61 Å². The van der Waals surface area contributed by atoms with Gasteiger partial charge in [0.25, 0.3) is 0 Å². The van der Waals surface area contributed by atoms with Crippen molar-refractivity contribution >= 4 is 5.76 Å². The van der Waals surface area contributed by atoms with Crippen LogP contribution in [0.4, 0.5) is 0 Å². The molecule has 0 aliphatic heterocycles. The normalized spacial score (nSPS) is 10.1. The molecular weight excluding hydrogens is 220 g/mol. The predicted octanol–water partition coefficient (Wildman–Crippen LogP) is 4.49. The van der Waals surface area contributed by atoms with Gasteiger partial charge in [-0.3, -0.25) is 0 Å². The molecule has 1 heteroatoms. The van der Waals surface area contributed by atoms with Crippen LogP contribution in [0.3, 0.4) is 0 Å². The van der Waals surface area contributed by atoms with Crippen LogP contribution in [0.25, 0.3) is 5.76 Å². The molecule has 0 saturated heterocycles. The maximum atomic E-state index is 5.70. The van der Waals surface area contributed by atoms with Gasteiger partial charge in [0, 0.05) is 5.56 Å². The molecule has 0 N–H and O–H groups in total. The van der Waals surface area contributed by atoms with Crippen molar-refractivity contribution in [3.63, 3.8) is 0 Å². The van der Waals surface area contributed by atoms with E-state index in [1.54, 1.807) is 0 Å². The van der Waals surface area contributed by atoms with Gasteiger partial charge in [0.2, 0.25) is 0 Å². The van der Waals surface area contributed by atoms with Crippen LogP contribution >= 0.6 is 0 Å². The highest BCUT2D eigenvalue weighted by molar-refractivity contribution is 5.57. The fraction of sp³-hybridized carbons (Fsp3) is 0.176. The lowest BCUT2D eigenvalue weighted by Gasteiger charge is -2.09. The SMILES string of the molecule is C=C(OCc1ccc(C)cc1)c1ccc(C)cc1. The van der Waals surface area contributed by atoms with E-state index < -0.39 is 0 Å². The molecule has 0 bridgehead atoms. The minimum atomic E-state index is 0.562. The molecule has 0 aliphatic rings. The molecule has 0 unspecified atom stereocenters. The Labute approximate surface area is 109 Å². The molecule has 2 aromatic carbocycles. The van der Waals surface area contributed by atoms with E-state index in [1.807, 2.05) is 12.1 Å². The molecule has 0 aliphatic carbocycles. The zero-order valence-corrected chi connectivity index (χ0v) is 10.9. The highest BCUT2D eigenvalue weighted by atomic mass is 16.5. The molecule has 0 atom stereocenters. The molecule has 0 saturated carbocycles. The predicted molar refractivity (Wildman–Crippen MR) is 76.2 cm³/mol. The monoisotopic (exact) mass is 238 g/mol. The first-order valence-corrected chi connectivity index (χ1v) is 6.09. The quantitative estimate of drug-likeness (QED) is 0.713. The molecule has 0 amide bonds. The Balaban J connectivity index is 1.96. The van der Waals surface area contributed by atoms with Crippen LogP contribution in [0, 0.1) is 13.8 Å². The van der Waals surface area contributed by atoms with Crippen LogP contribution in [0.5, 0.6) is 0 Å². The summed E-state index contributed by atoms with van der Waals surface area (Å²) in [6.45, 7) is 8.68. The summed E-state index contributed by atoms with van der Waals surface area (Å²) in [5.74, 6) is 0.718. The number of benzene rings is 2. The van der Waals surface area contributed by atoms with E-state index in [9.17, 15) is 0 Å². The summed E-state index contributed by atoms with van der Waals surface area (Å²) in [6.07, 6.45) is 0. The molecule has 1 nitrogen and oxygen atoms in total. The molecular formula is C17H18O. The van der Waals surface area contributed by atoms with Crippen LogP contribution in [0.2, 0.25) is 0 Å².